The molecule has 0 amide bonds. The monoisotopic (exact) mass is 179 g/mol. The Morgan fingerprint density at radius 3 is 2.00 bits per heavy atom. The van der Waals surface area contributed by atoms with Crippen molar-refractivity contribution in [3.63, 3.8) is 0 Å². The fourth-order valence-electron chi connectivity index (χ4n) is 0.966. The lowest BCUT2D eigenvalue weighted by Gasteiger charge is -2.17. The molecule has 50 valence electrons. The van der Waals surface area contributed by atoms with Crippen LogP contribution in [-0.4, -0.2) is 13.1 Å². The molecule has 0 spiro atoms. The van der Waals surface area contributed by atoms with E-state index in [1.807, 2.05) is 0 Å². The van der Waals surface area contributed by atoms with E-state index in [2.05, 4.69) is 12.2 Å². The average Bonchev–Trinajstić information content (AvgIpc) is 1.69. The molecule has 1 N–H and O–H groups in total. The molecule has 0 aromatic heterocycles. The van der Waals surface area contributed by atoms with Gasteiger partial charge in [0.1, 0.15) is 0 Å². The smallest absolute Gasteiger partial charge is 0.00464 e. The van der Waals surface area contributed by atoms with Crippen LogP contribution in [0.1, 0.15) is 19.8 Å². The van der Waals surface area contributed by atoms with E-state index in [1.54, 1.807) is 0 Å². The number of halogens is 1. The summed E-state index contributed by atoms with van der Waals surface area (Å²) in [6, 6.07) is 0. The van der Waals surface area contributed by atoms with Gasteiger partial charge >= 0.3 is 0 Å². The minimum Gasteiger partial charge on any atom is -0.317 e. The van der Waals surface area contributed by atoms with Crippen molar-refractivity contribution in [2.24, 2.45) is 5.92 Å². The third-order valence-electron chi connectivity index (χ3n) is 1.63. The van der Waals surface area contributed by atoms with Crippen LogP contribution in [-0.2, 0) is 0 Å². The fourth-order valence-corrected chi connectivity index (χ4v) is 0.966. The molecule has 0 aliphatic carbocycles. The number of piperidine rings is 1. The van der Waals surface area contributed by atoms with Crippen LogP contribution in [0.4, 0.5) is 0 Å². The van der Waals surface area contributed by atoms with Gasteiger partial charge in [0.15, 0.2) is 0 Å². The number of hydrogen-bond donors (Lipinski definition) is 1. The summed E-state index contributed by atoms with van der Waals surface area (Å²) in [6.07, 6.45) is 2.75. The maximum absolute atomic E-state index is 3.32. The van der Waals surface area contributed by atoms with Gasteiger partial charge in [0.25, 0.3) is 0 Å². The van der Waals surface area contributed by atoms with E-state index < -0.39 is 0 Å². The van der Waals surface area contributed by atoms with E-state index in [-0.39, 0.29) is 17.0 Å². The molecule has 0 aromatic carbocycles. The minimum absolute atomic E-state index is 0. The summed E-state index contributed by atoms with van der Waals surface area (Å²) in [5.41, 5.74) is 0. The topological polar surface area (TPSA) is 12.0 Å². The van der Waals surface area contributed by atoms with Crippen LogP contribution in [0.25, 0.3) is 0 Å². The Kier molecular flexibility index (Phi) is 4.57. The summed E-state index contributed by atoms with van der Waals surface area (Å²) in [5.74, 6) is 0.973. The minimum atomic E-state index is 0. The lowest BCUT2D eigenvalue weighted by Crippen LogP contribution is -2.26. The van der Waals surface area contributed by atoms with Crippen LogP contribution in [0, 0.1) is 5.92 Å². The quantitative estimate of drug-likeness (QED) is 0.596. The fraction of sp³-hybridized carbons (Fsp3) is 1.00. The highest BCUT2D eigenvalue weighted by molar-refractivity contribution is 8.93. The van der Waals surface area contributed by atoms with Crippen molar-refractivity contribution in [1.29, 1.82) is 0 Å². The molecule has 0 radical (unpaired) electrons. The van der Waals surface area contributed by atoms with Crippen LogP contribution in [0.5, 0.6) is 0 Å². The SMILES string of the molecule is Br.CC1CCNCC1. The Morgan fingerprint density at radius 2 is 1.75 bits per heavy atom. The molecule has 1 fully saturated rings. The summed E-state index contributed by atoms with van der Waals surface area (Å²) < 4.78 is 0. The van der Waals surface area contributed by atoms with Crippen LogP contribution in [0.3, 0.4) is 0 Å². The zero-order valence-electron chi connectivity index (χ0n) is 5.31. The van der Waals surface area contributed by atoms with E-state index in [9.17, 15) is 0 Å². The highest BCUT2D eigenvalue weighted by Gasteiger charge is 2.04. The summed E-state index contributed by atoms with van der Waals surface area (Å²) in [6.45, 7) is 4.79. The van der Waals surface area contributed by atoms with Crippen molar-refractivity contribution in [3.05, 3.63) is 0 Å². The molecular weight excluding hydrogens is 166 g/mol. The first-order chi connectivity index (χ1) is 3.39. The van der Waals surface area contributed by atoms with Gasteiger partial charge in [0.2, 0.25) is 0 Å². The molecule has 1 nitrogen and oxygen atoms in total. The Bertz CT molecular complexity index is 50.5. The summed E-state index contributed by atoms with van der Waals surface area (Å²) >= 11 is 0. The molecular formula is C6H14BrN. The van der Waals surface area contributed by atoms with Gasteiger partial charge in [-0.2, -0.15) is 0 Å². The molecule has 0 atom stereocenters. The standard InChI is InChI=1S/C6H13N.BrH/c1-6-2-4-7-5-3-6;/h6-7H,2-5H2,1H3;1H. The predicted molar refractivity (Wildman–Crippen MR) is 41.6 cm³/mol. The van der Waals surface area contributed by atoms with Crippen LogP contribution >= 0.6 is 17.0 Å². The van der Waals surface area contributed by atoms with Crippen molar-refractivity contribution >= 4 is 17.0 Å². The Balaban J connectivity index is 0.000000490. The van der Waals surface area contributed by atoms with Crippen molar-refractivity contribution in [2.75, 3.05) is 13.1 Å². The van der Waals surface area contributed by atoms with Gasteiger partial charge in [-0.15, -0.1) is 17.0 Å². The highest BCUT2D eigenvalue weighted by atomic mass is 79.9. The molecule has 0 unspecified atom stereocenters. The van der Waals surface area contributed by atoms with Crippen molar-refractivity contribution < 1.29 is 0 Å². The molecule has 1 rings (SSSR count). The molecule has 8 heavy (non-hydrogen) atoms. The van der Waals surface area contributed by atoms with Gasteiger partial charge in [0, 0.05) is 0 Å². The lowest BCUT2D eigenvalue weighted by atomic mass is 10.0. The van der Waals surface area contributed by atoms with E-state index >= 15 is 0 Å². The molecule has 1 aliphatic heterocycles. The van der Waals surface area contributed by atoms with Gasteiger partial charge in [-0.05, 0) is 31.8 Å². The summed E-state index contributed by atoms with van der Waals surface area (Å²) in [7, 11) is 0. The van der Waals surface area contributed by atoms with Crippen molar-refractivity contribution in [2.45, 2.75) is 19.8 Å². The first-order valence-corrected chi connectivity index (χ1v) is 3.10. The van der Waals surface area contributed by atoms with Crippen molar-refractivity contribution in [3.8, 4) is 0 Å². The van der Waals surface area contributed by atoms with E-state index in [4.69, 9.17) is 0 Å². The average molecular weight is 180 g/mol. The van der Waals surface area contributed by atoms with Crippen molar-refractivity contribution in [1.82, 2.24) is 5.32 Å². The third kappa shape index (κ3) is 2.68. The van der Waals surface area contributed by atoms with Gasteiger partial charge < -0.3 is 5.32 Å². The maximum atomic E-state index is 3.32. The Morgan fingerprint density at radius 1 is 1.25 bits per heavy atom. The Hall–Kier alpha value is 0.440. The summed E-state index contributed by atoms with van der Waals surface area (Å²) in [4.78, 5) is 0. The second kappa shape index (κ2) is 4.33. The lowest BCUT2D eigenvalue weighted by molar-refractivity contribution is 0.402. The number of hydrogen-bond acceptors (Lipinski definition) is 1. The molecule has 1 aliphatic rings. The van der Waals surface area contributed by atoms with Gasteiger partial charge in [-0.1, -0.05) is 6.92 Å². The molecule has 1 heterocycles. The molecule has 0 bridgehead atoms. The summed E-state index contributed by atoms with van der Waals surface area (Å²) in [5, 5.41) is 3.32. The van der Waals surface area contributed by atoms with E-state index in [0.717, 1.165) is 5.92 Å². The van der Waals surface area contributed by atoms with Crippen LogP contribution in [0.15, 0.2) is 0 Å². The molecule has 0 aromatic rings. The molecule has 0 saturated carbocycles. The predicted octanol–water partition coefficient (Wildman–Crippen LogP) is 1.58. The van der Waals surface area contributed by atoms with Gasteiger partial charge in [-0.3, -0.25) is 0 Å². The number of rotatable bonds is 0. The van der Waals surface area contributed by atoms with Gasteiger partial charge in [-0.25, -0.2) is 0 Å². The largest absolute Gasteiger partial charge is 0.317 e. The second-order valence-electron chi connectivity index (χ2n) is 2.43. The van der Waals surface area contributed by atoms with E-state index in [1.165, 1.54) is 25.9 Å². The molecule has 2 heteroatoms. The van der Waals surface area contributed by atoms with Gasteiger partial charge in [0.05, 0.1) is 0 Å². The zero-order valence-corrected chi connectivity index (χ0v) is 7.03. The highest BCUT2D eigenvalue weighted by Crippen LogP contribution is 2.08. The number of nitrogens with one attached hydrogen (secondary N) is 1. The molecule has 1 saturated heterocycles. The maximum Gasteiger partial charge on any atom is -0.00464 e. The van der Waals surface area contributed by atoms with Crippen LogP contribution in [0.2, 0.25) is 0 Å². The first kappa shape index (κ1) is 8.44. The normalized spacial score (nSPS) is 22.1. The zero-order chi connectivity index (χ0) is 5.11. The van der Waals surface area contributed by atoms with E-state index in [0.29, 0.717) is 0 Å². The third-order valence-corrected chi connectivity index (χ3v) is 1.63. The first-order valence-electron chi connectivity index (χ1n) is 3.10. The Labute approximate surface area is 61.6 Å². The second-order valence-corrected chi connectivity index (χ2v) is 2.43. The van der Waals surface area contributed by atoms with Crippen LogP contribution < -0.4 is 5.32 Å².